The van der Waals surface area contributed by atoms with Crippen molar-refractivity contribution in [1.29, 1.82) is 0 Å². The molecule has 1 N–H and O–H groups in total. The summed E-state index contributed by atoms with van der Waals surface area (Å²) in [6.45, 7) is 2.83. The van der Waals surface area contributed by atoms with Gasteiger partial charge in [-0.3, -0.25) is 4.79 Å². The molecule has 88 valence electrons. The van der Waals surface area contributed by atoms with Crippen LogP contribution in [0.4, 0.5) is 0 Å². The summed E-state index contributed by atoms with van der Waals surface area (Å²) in [7, 11) is 1.58. The molecule has 0 aliphatic carbocycles. The predicted molar refractivity (Wildman–Crippen MR) is 58.1 cm³/mol. The van der Waals surface area contributed by atoms with Crippen LogP contribution < -0.4 is 5.32 Å². The fourth-order valence-corrected chi connectivity index (χ4v) is 1.76. The van der Waals surface area contributed by atoms with Crippen LogP contribution in [-0.4, -0.2) is 43.8 Å². The van der Waals surface area contributed by atoms with Gasteiger partial charge < -0.3 is 14.8 Å². The summed E-state index contributed by atoms with van der Waals surface area (Å²) >= 11 is 5.88. The van der Waals surface area contributed by atoms with Crippen molar-refractivity contribution in [2.75, 3.05) is 20.3 Å². The summed E-state index contributed by atoms with van der Waals surface area (Å²) < 4.78 is 10.3. The smallest absolute Gasteiger partial charge is 0.249 e. The lowest BCUT2D eigenvalue weighted by Gasteiger charge is -2.13. The number of hydrogen-bond donors (Lipinski definition) is 1. The van der Waals surface area contributed by atoms with Crippen LogP contribution in [0.2, 0.25) is 0 Å². The van der Waals surface area contributed by atoms with Crippen molar-refractivity contribution in [3.8, 4) is 0 Å². The zero-order valence-corrected chi connectivity index (χ0v) is 9.92. The Bertz CT molecular complexity index is 213. The van der Waals surface area contributed by atoms with Crippen LogP contribution in [0.15, 0.2) is 0 Å². The van der Waals surface area contributed by atoms with Crippen molar-refractivity contribution in [1.82, 2.24) is 5.32 Å². The van der Waals surface area contributed by atoms with E-state index in [1.807, 2.05) is 6.92 Å². The molecule has 0 bridgehead atoms. The van der Waals surface area contributed by atoms with E-state index < -0.39 is 0 Å². The van der Waals surface area contributed by atoms with Gasteiger partial charge in [-0.25, -0.2) is 0 Å². The van der Waals surface area contributed by atoms with Crippen molar-refractivity contribution in [3.63, 3.8) is 0 Å². The monoisotopic (exact) mass is 235 g/mol. The molecule has 3 unspecified atom stereocenters. The number of amides is 1. The number of halogens is 1. The lowest BCUT2D eigenvalue weighted by molar-refractivity contribution is -0.131. The lowest BCUT2D eigenvalue weighted by atomic mass is 10.2. The molecule has 1 amide bonds. The first-order chi connectivity index (χ1) is 7.13. The lowest BCUT2D eigenvalue weighted by Crippen LogP contribution is -2.38. The summed E-state index contributed by atoms with van der Waals surface area (Å²) in [4.78, 5) is 11.6. The highest BCUT2D eigenvalue weighted by Gasteiger charge is 2.28. The van der Waals surface area contributed by atoms with Gasteiger partial charge in [0.2, 0.25) is 5.91 Å². The zero-order chi connectivity index (χ0) is 11.3. The van der Waals surface area contributed by atoms with E-state index in [2.05, 4.69) is 5.32 Å². The van der Waals surface area contributed by atoms with E-state index in [9.17, 15) is 4.79 Å². The van der Waals surface area contributed by atoms with Crippen LogP contribution in [0.3, 0.4) is 0 Å². The van der Waals surface area contributed by atoms with E-state index in [1.165, 1.54) is 0 Å². The highest BCUT2D eigenvalue weighted by atomic mass is 35.5. The fourth-order valence-electron chi connectivity index (χ4n) is 1.56. The van der Waals surface area contributed by atoms with Crippen LogP contribution in [0.5, 0.6) is 0 Å². The van der Waals surface area contributed by atoms with E-state index in [1.54, 1.807) is 7.11 Å². The zero-order valence-electron chi connectivity index (χ0n) is 9.16. The largest absolute Gasteiger partial charge is 0.383 e. The molecule has 1 heterocycles. The highest BCUT2D eigenvalue weighted by molar-refractivity contribution is 6.21. The maximum Gasteiger partial charge on any atom is 0.249 e. The minimum absolute atomic E-state index is 0.0684. The summed E-state index contributed by atoms with van der Waals surface area (Å²) in [5.74, 6) is -0.0684. The average molecular weight is 236 g/mol. The molecule has 0 radical (unpaired) electrons. The molecule has 0 aromatic rings. The van der Waals surface area contributed by atoms with Crippen LogP contribution in [0.25, 0.3) is 0 Å². The van der Waals surface area contributed by atoms with Gasteiger partial charge in [0.1, 0.15) is 6.10 Å². The quantitative estimate of drug-likeness (QED) is 0.721. The first kappa shape index (κ1) is 12.7. The van der Waals surface area contributed by atoms with Crippen LogP contribution in [-0.2, 0) is 14.3 Å². The van der Waals surface area contributed by atoms with Gasteiger partial charge in [0.15, 0.2) is 0 Å². The standard InChI is InChI=1S/C10H18ClNO3/c1-7-3-4-9(15-7)10(13)12-5-8(11)6-14-2/h7-9H,3-6H2,1-2H3,(H,12,13). The number of methoxy groups -OCH3 is 1. The number of hydrogen-bond acceptors (Lipinski definition) is 3. The first-order valence-electron chi connectivity index (χ1n) is 5.19. The number of alkyl halides is 1. The van der Waals surface area contributed by atoms with Crippen molar-refractivity contribution in [3.05, 3.63) is 0 Å². The summed E-state index contributed by atoms with van der Waals surface area (Å²) in [5, 5.41) is 2.57. The Balaban J connectivity index is 2.18. The molecule has 0 saturated carbocycles. The molecule has 0 spiro atoms. The Morgan fingerprint density at radius 2 is 2.40 bits per heavy atom. The highest BCUT2D eigenvalue weighted by Crippen LogP contribution is 2.18. The third-order valence-corrected chi connectivity index (χ3v) is 2.65. The molecule has 5 heteroatoms. The molecule has 0 aromatic heterocycles. The number of ether oxygens (including phenoxy) is 2. The molecule has 1 fully saturated rings. The van der Waals surface area contributed by atoms with Gasteiger partial charge in [-0.2, -0.15) is 0 Å². The summed E-state index contributed by atoms with van der Waals surface area (Å²) in [6.07, 6.45) is 1.63. The number of rotatable bonds is 5. The Morgan fingerprint density at radius 1 is 1.67 bits per heavy atom. The molecule has 1 saturated heterocycles. The molecular weight excluding hydrogens is 218 g/mol. The second-order valence-electron chi connectivity index (χ2n) is 3.81. The summed E-state index contributed by atoms with van der Waals surface area (Å²) in [5.41, 5.74) is 0. The third kappa shape index (κ3) is 4.36. The van der Waals surface area contributed by atoms with Gasteiger partial charge in [-0.1, -0.05) is 0 Å². The van der Waals surface area contributed by atoms with Crippen molar-refractivity contribution < 1.29 is 14.3 Å². The normalized spacial score (nSPS) is 27.7. The molecule has 3 atom stereocenters. The van der Waals surface area contributed by atoms with Gasteiger partial charge in [0, 0.05) is 13.7 Å². The van der Waals surface area contributed by atoms with Gasteiger partial charge in [-0.05, 0) is 19.8 Å². The number of nitrogens with one attached hydrogen (secondary N) is 1. The maximum atomic E-state index is 11.6. The van der Waals surface area contributed by atoms with E-state index in [4.69, 9.17) is 21.1 Å². The van der Waals surface area contributed by atoms with Gasteiger partial charge in [-0.15, -0.1) is 11.6 Å². The molecule has 1 aliphatic rings. The molecule has 4 nitrogen and oxygen atoms in total. The van der Waals surface area contributed by atoms with Crippen molar-refractivity contribution >= 4 is 17.5 Å². The van der Waals surface area contributed by atoms with Crippen LogP contribution in [0.1, 0.15) is 19.8 Å². The summed E-state index contributed by atoms with van der Waals surface area (Å²) in [6, 6.07) is 0. The predicted octanol–water partition coefficient (Wildman–Crippen LogP) is 0.924. The van der Waals surface area contributed by atoms with E-state index in [0.29, 0.717) is 13.2 Å². The van der Waals surface area contributed by atoms with Crippen LogP contribution >= 0.6 is 11.6 Å². The Morgan fingerprint density at radius 3 is 2.93 bits per heavy atom. The number of carbonyl (C=O) groups excluding carboxylic acids is 1. The SMILES string of the molecule is COCC(Cl)CNC(=O)C1CCC(C)O1. The fraction of sp³-hybridized carbons (Fsp3) is 0.900. The maximum absolute atomic E-state index is 11.6. The van der Waals surface area contributed by atoms with E-state index >= 15 is 0 Å². The second kappa shape index (κ2) is 6.30. The van der Waals surface area contributed by atoms with Gasteiger partial charge in [0.05, 0.1) is 18.1 Å². The first-order valence-corrected chi connectivity index (χ1v) is 5.63. The van der Waals surface area contributed by atoms with Crippen molar-refractivity contribution in [2.45, 2.75) is 37.4 Å². The molecule has 1 aliphatic heterocycles. The minimum atomic E-state index is -0.300. The number of carbonyl (C=O) groups is 1. The molecule has 0 aromatic carbocycles. The Labute approximate surface area is 95.3 Å². The van der Waals surface area contributed by atoms with E-state index in [0.717, 1.165) is 12.8 Å². The molecule has 15 heavy (non-hydrogen) atoms. The molecular formula is C10H18ClNO3. The van der Waals surface area contributed by atoms with Crippen molar-refractivity contribution in [2.24, 2.45) is 0 Å². The van der Waals surface area contributed by atoms with Crippen LogP contribution in [0, 0.1) is 0 Å². The minimum Gasteiger partial charge on any atom is -0.383 e. The van der Waals surface area contributed by atoms with Gasteiger partial charge in [0.25, 0.3) is 0 Å². The molecule has 1 rings (SSSR count). The third-order valence-electron chi connectivity index (χ3n) is 2.37. The second-order valence-corrected chi connectivity index (χ2v) is 4.43. The topological polar surface area (TPSA) is 47.6 Å². The van der Waals surface area contributed by atoms with E-state index in [-0.39, 0.29) is 23.5 Å². The Kier molecular flexibility index (Phi) is 5.36. The Hall–Kier alpha value is -0.320. The van der Waals surface area contributed by atoms with Gasteiger partial charge >= 0.3 is 0 Å². The average Bonchev–Trinajstić information content (AvgIpc) is 2.62.